The molecule has 0 bridgehead atoms. The molecule has 4 heteroatoms. The lowest BCUT2D eigenvalue weighted by Crippen LogP contribution is -1.97. The van der Waals surface area contributed by atoms with Crippen molar-refractivity contribution in [3.8, 4) is 0 Å². The van der Waals surface area contributed by atoms with Crippen molar-refractivity contribution in [2.45, 2.75) is 6.54 Å². The van der Waals surface area contributed by atoms with Crippen LogP contribution in [0.25, 0.3) is 10.9 Å². The SMILES string of the molecule is Clc1ccc(Cn2cc(/C=N\Nc3ccccc3)c3ccccc32)cc1. The summed E-state index contributed by atoms with van der Waals surface area (Å²) in [4.78, 5) is 0. The van der Waals surface area contributed by atoms with Crippen molar-refractivity contribution >= 4 is 34.4 Å². The van der Waals surface area contributed by atoms with Crippen LogP contribution in [0, 0.1) is 0 Å². The average molecular weight is 360 g/mol. The molecule has 0 spiro atoms. The number of anilines is 1. The minimum atomic E-state index is 0.755. The molecule has 0 fully saturated rings. The molecule has 0 aliphatic carbocycles. The molecule has 0 saturated heterocycles. The van der Waals surface area contributed by atoms with Crippen LogP contribution >= 0.6 is 11.6 Å². The lowest BCUT2D eigenvalue weighted by molar-refractivity contribution is 0.836. The number of fused-ring (bicyclic) bond motifs is 1. The minimum Gasteiger partial charge on any atom is -0.342 e. The average Bonchev–Trinajstić information content (AvgIpc) is 3.02. The number of hydrogen-bond acceptors (Lipinski definition) is 2. The molecule has 128 valence electrons. The van der Waals surface area contributed by atoms with E-state index in [0.717, 1.165) is 22.8 Å². The highest BCUT2D eigenvalue weighted by Gasteiger charge is 2.07. The Morgan fingerprint density at radius 3 is 2.42 bits per heavy atom. The van der Waals surface area contributed by atoms with Gasteiger partial charge in [0.05, 0.1) is 11.9 Å². The maximum Gasteiger partial charge on any atom is 0.0566 e. The van der Waals surface area contributed by atoms with Gasteiger partial charge in [-0.2, -0.15) is 5.10 Å². The van der Waals surface area contributed by atoms with Gasteiger partial charge in [0.1, 0.15) is 0 Å². The van der Waals surface area contributed by atoms with Gasteiger partial charge in [0, 0.05) is 34.2 Å². The van der Waals surface area contributed by atoms with E-state index >= 15 is 0 Å². The van der Waals surface area contributed by atoms with Crippen LogP contribution in [0.4, 0.5) is 5.69 Å². The van der Waals surface area contributed by atoms with Crippen molar-refractivity contribution in [2.24, 2.45) is 5.10 Å². The Bertz CT molecular complexity index is 1030. The number of aromatic nitrogens is 1. The van der Waals surface area contributed by atoms with E-state index in [9.17, 15) is 0 Å². The summed E-state index contributed by atoms with van der Waals surface area (Å²) in [5.41, 5.74) is 7.51. The fraction of sp³-hybridized carbons (Fsp3) is 0.0455. The van der Waals surface area contributed by atoms with Crippen LogP contribution in [-0.4, -0.2) is 10.8 Å². The van der Waals surface area contributed by atoms with Gasteiger partial charge >= 0.3 is 0 Å². The van der Waals surface area contributed by atoms with Crippen LogP contribution < -0.4 is 5.43 Å². The standard InChI is InChI=1S/C22H18ClN3/c23-19-12-10-17(11-13-19)15-26-16-18(21-8-4-5-9-22(21)26)14-24-25-20-6-2-1-3-7-20/h1-14,16,25H,15H2/b24-14-. The molecule has 0 saturated carbocycles. The lowest BCUT2D eigenvalue weighted by Gasteiger charge is -2.05. The highest BCUT2D eigenvalue weighted by molar-refractivity contribution is 6.30. The van der Waals surface area contributed by atoms with Gasteiger partial charge in [0.25, 0.3) is 0 Å². The van der Waals surface area contributed by atoms with Crippen molar-refractivity contribution < 1.29 is 0 Å². The summed E-state index contributed by atoms with van der Waals surface area (Å²) in [5, 5.41) is 6.32. The summed E-state index contributed by atoms with van der Waals surface area (Å²) in [6.07, 6.45) is 4.00. The van der Waals surface area contributed by atoms with E-state index in [1.54, 1.807) is 0 Å². The number of nitrogens with one attached hydrogen (secondary N) is 1. The molecule has 1 aromatic heterocycles. The first kappa shape index (κ1) is 16.4. The summed E-state index contributed by atoms with van der Waals surface area (Å²) in [7, 11) is 0. The van der Waals surface area contributed by atoms with E-state index in [2.05, 4.69) is 57.7 Å². The van der Waals surface area contributed by atoms with Gasteiger partial charge in [0.2, 0.25) is 0 Å². The number of hydrogen-bond donors (Lipinski definition) is 1. The normalized spacial score (nSPS) is 11.3. The number of halogens is 1. The summed E-state index contributed by atoms with van der Waals surface area (Å²) in [5.74, 6) is 0. The van der Waals surface area contributed by atoms with Crippen LogP contribution in [-0.2, 0) is 6.54 Å². The fourth-order valence-corrected chi connectivity index (χ4v) is 3.11. The first-order valence-electron chi connectivity index (χ1n) is 8.46. The van der Waals surface area contributed by atoms with Crippen LogP contribution in [0.15, 0.2) is 90.2 Å². The second-order valence-corrected chi connectivity index (χ2v) is 6.53. The molecular weight excluding hydrogens is 342 g/mol. The Morgan fingerprint density at radius 1 is 0.885 bits per heavy atom. The van der Waals surface area contributed by atoms with Crippen molar-refractivity contribution in [1.29, 1.82) is 0 Å². The van der Waals surface area contributed by atoms with Crippen LogP contribution in [0.3, 0.4) is 0 Å². The molecule has 0 amide bonds. The summed E-state index contributed by atoms with van der Waals surface area (Å²) in [6, 6.07) is 26.3. The molecule has 3 nitrogen and oxygen atoms in total. The third-order valence-corrected chi connectivity index (χ3v) is 4.51. The van der Waals surface area contributed by atoms with E-state index in [-0.39, 0.29) is 0 Å². The van der Waals surface area contributed by atoms with Crippen molar-refractivity contribution in [2.75, 3.05) is 5.43 Å². The van der Waals surface area contributed by atoms with Crippen molar-refractivity contribution in [3.05, 3.63) is 101 Å². The van der Waals surface area contributed by atoms with E-state index in [1.807, 2.05) is 48.7 Å². The predicted molar refractivity (Wildman–Crippen MR) is 110 cm³/mol. The fourth-order valence-electron chi connectivity index (χ4n) is 2.98. The maximum atomic E-state index is 5.99. The summed E-state index contributed by atoms with van der Waals surface area (Å²) >= 11 is 5.99. The Kier molecular flexibility index (Phi) is 4.71. The van der Waals surface area contributed by atoms with Crippen molar-refractivity contribution in [3.63, 3.8) is 0 Å². The number of nitrogens with zero attached hydrogens (tertiary/aromatic N) is 2. The molecule has 0 unspecified atom stereocenters. The molecule has 1 N–H and O–H groups in total. The zero-order valence-corrected chi connectivity index (χ0v) is 14.9. The van der Waals surface area contributed by atoms with Crippen LogP contribution in [0.1, 0.15) is 11.1 Å². The van der Waals surface area contributed by atoms with E-state index in [4.69, 9.17) is 11.6 Å². The van der Waals surface area contributed by atoms with E-state index in [0.29, 0.717) is 0 Å². The Balaban J connectivity index is 1.62. The molecule has 4 rings (SSSR count). The molecular formula is C22H18ClN3. The second kappa shape index (κ2) is 7.46. The van der Waals surface area contributed by atoms with E-state index in [1.165, 1.54) is 16.5 Å². The highest BCUT2D eigenvalue weighted by Crippen LogP contribution is 2.22. The molecule has 3 aromatic carbocycles. The quantitative estimate of drug-likeness (QED) is 0.354. The monoisotopic (exact) mass is 359 g/mol. The zero-order valence-electron chi connectivity index (χ0n) is 14.1. The van der Waals surface area contributed by atoms with Gasteiger partial charge in [-0.15, -0.1) is 0 Å². The molecule has 0 aliphatic heterocycles. The first-order chi connectivity index (χ1) is 12.8. The Morgan fingerprint density at radius 2 is 1.62 bits per heavy atom. The summed E-state index contributed by atoms with van der Waals surface area (Å²) < 4.78 is 2.24. The van der Waals surface area contributed by atoms with Gasteiger partial charge in [-0.3, -0.25) is 5.43 Å². The van der Waals surface area contributed by atoms with Crippen molar-refractivity contribution in [1.82, 2.24) is 4.57 Å². The number of hydrazone groups is 1. The largest absolute Gasteiger partial charge is 0.342 e. The smallest absolute Gasteiger partial charge is 0.0566 e. The molecule has 0 atom stereocenters. The second-order valence-electron chi connectivity index (χ2n) is 6.09. The first-order valence-corrected chi connectivity index (χ1v) is 8.84. The number of para-hydroxylation sites is 2. The highest BCUT2D eigenvalue weighted by atomic mass is 35.5. The third kappa shape index (κ3) is 3.63. The molecule has 4 aromatic rings. The van der Waals surface area contributed by atoms with Gasteiger partial charge in [-0.05, 0) is 35.9 Å². The Hall–Kier alpha value is -3.04. The predicted octanol–water partition coefficient (Wildman–Crippen LogP) is 5.79. The van der Waals surface area contributed by atoms with E-state index < -0.39 is 0 Å². The minimum absolute atomic E-state index is 0.755. The number of benzene rings is 3. The van der Waals surface area contributed by atoms with Crippen LogP contribution in [0.5, 0.6) is 0 Å². The molecule has 0 aliphatic rings. The maximum absolute atomic E-state index is 5.99. The topological polar surface area (TPSA) is 29.3 Å². The van der Waals surface area contributed by atoms with Gasteiger partial charge < -0.3 is 4.57 Å². The molecule has 0 radical (unpaired) electrons. The molecule has 26 heavy (non-hydrogen) atoms. The number of rotatable bonds is 5. The summed E-state index contributed by atoms with van der Waals surface area (Å²) in [6.45, 7) is 0.789. The Labute approximate surface area is 157 Å². The van der Waals surface area contributed by atoms with Gasteiger partial charge in [0.15, 0.2) is 0 Å². The zero-order chi connectivity index (χ0) is 17.8. The third-order valence-electron chi connectivity index (χ3n) is 4.26. The lowest BCUT2D eigenvalue weighted by atomic mass is 10.2. The van der Waals surface area contributed by atoms with Gasteiger partial charge in [-0.1, -0.05) is 60.1 Å². The van der Waals surface area contributed by atoms with Gasteiger partial charge in [-0.25, -0.2) is 0 Å². The van der Waals surface area contributed by atoms with Crippen LogP contribution in [0.2, 0.25) is 5.02 Å². The molecule has 1 heterocycles.